The van der Waals surface area contributed by atoms with Crippen molar-refractivity contribution in [2.75, 3.05) is 11.9 Å². The highest BCUT2D eigenvalue weighted by Crippen LogP contribution is 2.15. The summed E-state index contributed by atoms with van der Waals surface area (Å²) < 4.78 is 0. The van der Waals surface area contributed by atoms with Crippen molar-refractivity contribution in [1.82, 2.24) is 5.32 Å². The highest BCUT2D eigenvalue weighted by Gasteiger charge is 2.23. The minimum Gasteiger partial charge on any atom is -0.394 e. The van der Waals surface area contributed by atoms with Crippen molar-refractivity contribution in [3.8, 4) is 0 Å². The molecule has 0 saturated carbocycles. The summed E-state index contributed by atoms with van der Waals surface area (Å²) in [7, 11) is 0. The molecule has 0 bridgehead atoms. The van der Waals surface area contributed by atoms with Gasteiger partial charge in [0.15, 0.2) is 0 Å². The minimum absolute atomic E-state index is 0.240. The van der Waals surface area contributed by atoms with Gasteiger partial charge in [0.05, 0.1) is 12.1 Å². The Labute approximate surface area is 113 Å². The molecule has 1 rings (SSSR count). The van der Waals surface area contributed by atoms with Crippen LogP contribution in [-0.2, 0) is 9.59 Å². The van der Waals surface area contributed by atoms with Crippen LogP contribution in [0.25, 0.3) is 0 Å². The average Bonchev–Trinajstić information content (AvgIpc) is 2.32. The number of rotatable bonds is 3. The molecule has 0 heterocycles. The van der Waals surface area contributed by atoms with E-state index in [1.54, 1.807) is 19.9 Å². The third-order valence-electron chi connectivity index (χ3n) is 2.68. The van der Waals surface area contributed by atoms with E-state index in [0.717, 1.165) is 11.1 Å². The molecular formula is C14H20N2O3. The van der Waals surface area contributed by atoms with Gasteiger partial charge in [0.1, 0.15) is 0 Å². The number of aryl methyl sites for hydroxylation is 2. The highest BCUT2D eigenvalue weighted by atomic mass is 16.3. The summed E-state index contributed by atoms with van der Waals surface area (Å²) in [6.07, 6.45) is 0. The average molecular weight is 264 g/mol. The number of carbonyl (C=O) groups excluding carboxylic acids is 2. The zero-order valence-electron chi connectivity index (χ0n) is 11.7. The standard InChI is InChI=1S/C14H20N2O3/c1-9-5-6-11(10(2)7-9)15-12(18)13(19)16-14(3,4)8-17/h5-7,17H,8H2,1-4H3,(H,15,18)(H,16,19). The molecule has 5 nitrogen and oxygen atoms in total. The van der Waals surface area contributed by atoms with E-state index in [1.165, 1.54) is 0 Å². The number of hydrogen-bond acceptors (Lipinski definition) is 3. The van der Waals surface area contributed by atoms with Gasteiger partial charge in [-0.2, -0.15) is 0 Å². The quantitative estimate of drug-likeness (QED) is 0.716. The van der Waals surface area contributed by atoms with E-state index >= 15 is 0 Å². The first kappa shape index (κ1) is 15.2. The fraction of sp³-hybridized carbons (Fsp3) is 0.429. The van der Waals surface area contributed by atoms with E-state index in [-0.39, 0.29) is 6.61 Å². The van der Waals surface area contributed by atoms with Gasteiger partial charge in [0, 0.05) is 5.69 Å². The van der Waals surface area contributed by atoms with Crippen molar-refractivity contribution < 1.29 is 14.7 Å². The maximum absolute atomic E-state index is 11.7. The van der Waals surface area contributed by atoms with Crippen LogP contribution < -0.4 is 10.6 Å². The smallest absolute Gasteiger partial charge is 0.313 e. The largest absolute Gasteiger partial charge is 0.394 e. The number of aliphatic hydroxyl groups excluding tert-OH is 1. The van der Waals surface area contributed by atoms with Crippen molar-refractivity contribution >= 4 is 17.5 Å². The van der Waals surface area contributed by atoms with E-state index in [4.69, 9.17) is 5.11 Å². The van der Waals surface area contributed by atoms with Crippen molar-refractivity contribution in [2.45, 2.75) is 33.2 Å². The fourth-order valence-electron chi connectivity index (χ4n) is 1.54. The summed E-state index contributed by atoms with van der Waals surface area (Å²) in [5.74, 6) is -1.51. The first-order valence-corrected chi connectivity index (χ1v) is 6.07. The summed E-state index contributed by atoms with van der Waals surface area (Å²) in [6.45, 7) is 6.84. The third kappa shape index (κ3) is 4.37. The van der Waals surface area contributed by atoms with Gasteiger partial charge in [-0.3, -0.25) is 9.59 Å². The van der Waals surface area contributed by atoms with Crippen LogP contribution in [0.3, 0.4) is 0 Å². The van der Waals surface area contributed by atoms with Crippen molar-refractivity contribution in [3.63, 3.8) is 0 Å². The number of nitrogens with one attached hydrogen (secondary N) is 2. The molecule has 0 atom stereocenters. The second-order valence-electron chi connectivity index (χ2n) is 5.27. The molecule has 0 aliphatic carbocycles. The molecule has 0 spiro atoms. The van der Waals surface area contributed by atoms with Gasteiger partial charge in [0.25, 0.3) is 0 Å². The molecule has 19 heavy (non-hydrogen) atoms. The molecule has 1 aromatic rings. The van der Waals surface area contributed by atoms with Gasteiger partial charge in [0.2, 0.25) is 0 Å². The van der Waals surface area contributed by atoms with Gasteiger partial charge in [-0.05, 0) is 39.3 Å². The molecule has 0 fully saturated rings. The lowest BCUT2D eigenvalue weighted by Gasteiger charge is -2.23. The summed E-state index contributed by atoms with van der Waals surface area (Å²) in [6, 6.07) is 5.54. The lowest BCUT2D eigenvalue weighted by atomic mass is 10.1. The maximum Gasteiger partial charge on any atom is 0.313 e. The molecular weight excluding hydrogens is 244 g/mol. The van der Waals surface area contributed by atoms with E-state index in [9.17, 15) is 9.59 Å². The van der Waals surface area contributed by atoms with Crippen LogP contribution >= 0.6 is 0 Å². The van der Waals surface area contributed by atoms with Crippen LogP contribution in [0.15, 0.2) is 18.2 Å². The van der Waals surface area contributed by atoms with E-state index in [0.29, 0.717) is 5.69 Å². The van der Waals surface area contributed by atoms with Crippen LogP contribution in [0.4, 0.5) is 5.69 Å². The molecule has 0 aromatic heterocycles. The Hall–Kier alpha value is -1.88. The van der Waals surface area contributed by atoms with Gasteiger partial charge in [-0.1, -0.05) is 17.7 Å². The van der Waals surface area contributed by atoms with Crippen LogP contribution in [0, 0.1) is 13.8 Å². The topological polar surface area (TPSA) is 78.4 Å². The number of amides is 2. The molecule has 0 radical (unpaired) electrons. The van der Waals surface area contributed by atoms with Crippen molar-refractivity contribution in [3.05, 3.63) is 29.3 Å². The molecule has 0 aliphatic heterocycles. The first-order chi connectivity index (χ1) is 8.75. The Morgan fingerprint density at radius 1 is 1.21 bits per heavy atom. The van der Waals surface area contributed by atoms with Crippen molar-refractivity contribution in [1.29, 1.82) is 0 Å². The number of anilines is 1. The summed E-state index contributed by atoms with van der Waals surface area (Å²) >= 11 is 0. The Morgan fingerprint density at radius 3 is 2.37 bits per heavy atom. The van der Waals surface area contributed by atoms with E-state index < -0.39 is 17.4 Å². The van der Waals surface area contributed by atoms with Crippen molar-refractivity contribution in [2.24, 2.45) is 0 Å². The summed E-state index contributed by atoms with van der Waals surface area (Å²) in [5.41, 5.74) is 1.76. The zero-order chi connectivity index (χ0) is 14.6. The predicted molar refractivity (Wildman–Crippen MR) is 73.9 cm³/mol. The van der Waals surface area contributed by atoms with Gasteiger partial charge in [-0.15, -0.1) is 0 Å². The van der Waals surface area contributed by atoms with Crippen LogP contribution in [0.1, 0.15) is 25.0 Å². The minimum atomic E-state index is -0.823. The van der Waals surface area contributed by atoms with Crippen LogP contribution in [0.5, 0.6) is 0 Å². The SMILES string of the molecule is Cc1ccc(NC(=O)C(=O)NC(C)(C)CO)c(C)c1. The zero-order valence-corrected chi connectivity index (χ0v) is 11.7. The normalized spacial score (nSPS) is 11.0. The number of carbonyl (C=O) groups is 2. The van der Waals surface area contributed by atoms with Gasteiger partial charge < -0.3 is 15.7 Å². The fourth-order valence-corrected chi connectivity index (χ4v) is 1.54. The molecule has 2 amide bonds. The third-order valence-corrected chi connectivity index (χ3v) is 2.68. The van der Waals surface area contributed by atoms with Crippen LogP contribution in [-0.4, -0.2) is 29.1 Å². The molecule has 0 unspecified atom stereocenters. The Kier molecular flexibility index (Phi) is 4.67. The lowest BCUT2D eigenvalue weighted by Crippen LogP contribution is -2.50. The summed E-state index contributed by atoms with van der Waals surface area (Å²) in [4.78, 5) is 23.4. The number of hydrogen-bond donors (Lipinski definition) is 3. The molecule has 5 heteroatoms. The predicted octanol–water partition coefficient (Wildman–Crippen LogP) is 1.13. The van der Waals surface area contributed by atoms with Crippen LogP contribution in [0.2, 0.25) is 0 Å². The Morgan fingerprint density at radius 2 is 1.84 bits per heavy atom. The lowest BCUT2D eigenvalue weighted by molar-refractivity contribution is -0.137. The number of aliphatic hydroxyl groups is 1. The monoisotopic (exact) mass is 264 g/mol. The molecule has 0 saturated heterocycles. The Balaban J connectivity index is 2.72. The maximum atomic E-state index is 11.7. The van der Waals surface area contributed by atoms with E-state index in [1.807, 2.05) is 26.0 Å². The summed E-state index contributed by atoms with van der Waals surface area (Å²) in [5, 5.41) is 14.0. The molecule has 3 N–H and O–H groups in total. The highest BCUT2D eigenvalue weighted by molar-refractivity contribution is 6.39. The molecule has 1 aromatic carbocycles. The number of benzene rings is 1. The second-order valence-corrected chi connectivity index (χ2v) is 5.27. The molecule has 0 aliphatic rings. The van der Waals surface area contributed by atoms with E-state index in [2.05, 4.69) is 10.6 Å². The molecule has 104 valence electrons. The second kappa shape index (κ2) is 5.84. The van der Waals surface area contributed by atoms with Gasteiger partial charge >= 0.3 is 11.8 Å². The first-order valence-electron chi connectivity index (χ1n) is 6.07. The Bertz CT molecular complexity index is 495. The van der Waals surface area contributed by atoms with Gasteiger partial charge in [-0.25, -0.2) is 0 Å².